The van der Waals surface area contributed by atoms with Crippen molar-refractivity contribution in [3.63, 3.8) is 0 Å². The number of aromatic nitrogens is 2. The molecular weight excluding hydrogens is 294 g/mol. The standard InChI is InChI=1S/C13H13N3O4S/c1-2-9-3-4-11(5-12(9)13(17)18)21(19,20)16-10-6-14-8-15-7-10/h3-8,16H,2H2,1H3,(H,17,18). The molecule has 2 rings (SSSR count). The van der Waals surface area contributed by atoms with Gasteiger partial charge in [0.05, 0.1) is 28.5 Å². The predicted molar refractivity (Wildman–Crippen MR) is 75.6 cm³/mol. The molecule has 21 heavy (non-hydrogen) atoms. The average Bonchev–Trinajstić information content (AvgIpc) is 2.47. The van der Waals surface area contributed by atoms with Gasteiger partial charge in [-0.3, -0.25) is 4.72 Å². The summed E-state index contributed by atoms with van der Waals surface area (Å²) < 4.78 is 26.7. The van der Waals surface area contributed by atoms with Crippen molar-refractivity contribution in [2.24, 2.45) is 0 Å². The molecule has 0 spiro atoms. The van der Waals surface area contributed by atoms with Gasteiger partial charge in [-0.05, 0) is 24.1 Å². The Morgan fingerprint density at radius 3 is 2.52 bits per heavy atom. The largest absolute Gasteiger partial charge is 0.478 e. The van der Waals surface area contributed by atoms with Gasteiger partial charge >= 0.3 is 5.97 Å². The zero-order valence-corrected chi connectivity index (χ0v) is 12.0. The number of hydrogen-bond donors (Lipinski definition) is 2. The summed E-state index contributed by atoms with van der Waals surface area (Å²) in [6.45, 7) is 1.80. The van der Waals surface area contributed by atoms with Gasteiger partial charge in [-0.1, -0.05) is 13.0 Å². The van der Waals surface area contributed by atoms with Crippen molar-refractivity contribution in [2.75, 3.05) is 4.72 Å². The van der Waals surface area contributed by atoms with Crippen molar-refractivity contribution in [3.05, 3.63) is 48.0 Å². The van der Waals surface area contributed by atoms with Crippen LogP contribution in [-0.2, 0) is 16.4 Å². The SMILES string of the molecule is CCc1ccc(S(=O)(=O)Nc2cncnc2)cc1C(=O)O. The van der Waals surface area contributed by atoms with Crippen molar-refractivity contribution >= 4 is 21.7 Å². The van der Waals surface area contributed by atoms with E-state index in [1.54, 1.807) is 6.92 Å². The highest BCUT2D eigenvalue weighted by Gasteiger charge is 2.18. The third kappa shape index (κ3) is 3.34. The molecule has 1 heterocycles. The molecule has 110 valence electrons. The minimum absolute atomic E-state index is 0.0234. The molecular formula is C13H13N3O4S. The van der Waals surface area contributed by atoms with E-state index < -0.39 is 16.0 Å². The van der Waals surface area contributed by atoms with Crippen molar-refractivity contribution in [1.29, 1.82) is 0 Å². The van der Waals surface area contributed by atoms with Crippen LogP contribution in [0.25, 0.3) is 0 Å². The Morgan fingerprint density at radius 1 is 1.29 bits per heavy atom. The lowest BCUT2D eigenvalue weighted by Crippen LogP contribution is -2.14. The normalized spacial score (nSPS) is 11.1. The zero-order chi connectivity index (χ0) is 15.5. The number of nitrogens with one attached hydrogen (secondary N) is 1. The fourth-order valence-corrected chi connectivity index (χ4v) is 2.85. The smallest absolute Gasteiger partial charge is 0.336 e. The lowest BCUT2D eigenvalue weighted by Gasteiger charge is -2.10. The molecule has 8 heteroatoms. The molecule has 2 N–H and O–H groups in total. The molecule has 0 fully saturated rings. The molecule has 1 aromatic carbocycles. The van der Waals surface area contributed by atoms with E-state index >= 15 is 0 Å². The van der Waals surface area contributed by atoms with E-state index in [4.69, 9.17) is 5.11 Å². The molecule has 7 nitrogen and oxygen atoms in total. The topological polar surface area (TPSA) is 109 Å². The highest BCUT2D eigenvalue weighted by atomic mass is 32.2. The fourth-order valence-electron chi connectivity index (χ4n) is 1.80. The Morgan fingerprint density at radius 2 is 1.95 bits per heavy atom. The van der Waals surface area contributed by atoms with E-state index in [-0.39, 0.29) is 16.1 Å². The summed E-state index contributed by atoms with van der Waals surface area (Å²) in [5.74, 6) is -1.16. The molecule has 1 aromatic heterocycles. The summed E-state index contributed by atoms with van der Waals surface area (Å²) >= 11 is 0. The first-order valence-electron chi connectivity index (χ1n) is 6.08. The van der Waals surface area contributed by atoms with Gasteiger partial charge in [-0.25, -0.2) is 23.2 Å². The van der Waals surface area contributed by atoms with E-state index in [2.05, 4.69) is 14.7 Å². The Bertz CT molecular complexity index is 760. The molecule has 0 saturated heterocycles. The van der Waals surface area contributed by atoms with Gasteiger partial charge in [-0.2, -0.15) is 0 Å². The Labute approximate surface area is 121 Å². The third-order valence-electron chi connectivity index (χ3n) is 2.82. The summed E-state index contributed by atoms with van der Waals surface area (Å²) in [6.07, 6.45) is 4.39. The summed E-state index contributed by atoms with van der Waals surface area (Å²) in [6, 6.07) is 4.02. The molecule has 2 aromatic rings. The van der Waals surface area contributed by atoms with E-state index in [1.807, 2.05) is 0 Å². The van der Waals surface area contributed by atoms with Crippen molar-refractivity contribution in [1.82, 2.24) is 9.97 Å². The maximum absolute atomic E-state index is 12.2. The van der Waals surface area contributed by atoms with Crippen LogP contribution in [0.4, 0.5) is 5.69 Å². The number of carbonyl (C=O) groups is 1. The number of sulfonamides is 1. The van der Waals surface area contributed by atoms with Crippen LogP contribution in [0.15, 0.2) is 41.8 Å². The van der Waals surface area contributed by atoms with Gasteiger partial charge in [-0.15, -0.1) is 0 Å². The molecule has 0 saturated carbocycles. The van der Waals surface area contributed by atoms with Crippen molar-refractivity contribution in [3.8, 4) is 0 Å². The van der Waals surface area contributed by atoms with E-state index in [9.17, 15) is 13.2 Å². The van der Waals surface area contributed by atoms with Crippen LogP contribution in [-0.4, -0.2) is 29.5 Å². The number of benzene rings is 1. The van der Waals surface area contributed by atoms with Crippen molar-refractivity contribution < 1.29 is 18.3 Å². The number of hydrogen-bond acceptors (Lipinski definition) is 5. The van der Waals surface area contributed by atoms with Crippen LogP contribution in [0.3, 0.4) is 0 Å². The summed E-state index contributed by atoms with van der Waals surface area (Å²) in [7, 11) is -3.89. The second-order valence-corrected chi connectivity index (χ2v) is 5.89. The second-order valence-electron chi connectivity index (χ2n) is 4.21. The second kappa shape index (κ2) is 5.88. The lowest BCUT2D eigenvalue weighted by atomic mass is 10.1. The third-order valence-corrected chi connectivity index (χ3v) is 4.19. The van der Waals surface area contributed by atoms with Crippen LogP contribution in [0.5, 0.6) is 0 Å². The average molecular weight is 307 g/mol. The maximum atomic E-state index is 12.2. The Balaban J connectivity index is 2.41. The van der Waals surface area contributed by atoms with Gasteiger partial charge < -0.3 is 5.11 Å². The number of nitrogens with zero attached hydrogens (tertiary/aromatic N) is 2. The van der Waals surface area contributed by atoms with Gasteiger partial charge in [0, 0.05) is 0 Å². The highest BCUT2D eigenvalue weighted by Crippen LogP contribution is 2.19. The number of anilines is 1. The molecule has 0 aliphatic carbocycles. The van der Waals surface area contributed by atoms with Gasteiger partial charge in [0.1, 0.15) is 6.33 Å². The van der Waals surface area contributed by atoms with E-state index in [1.165, 1.54) is 30.9 Å². The van der Waals surface area contributed by atoms with Crippen molar-refractivity contribution in [2.45, 2.75) is 18.2 Å². The van der Waals surface area contributed by atoms with Crippen LogP contribution < -0.4 is 4.72 Å². The molecule has 0 unspecified atom stereocenters. The predicted octanol–water partition coefficient (Wildman–Crippen LogP) is 1.54. The minimum atomic E-state index is -3.89. The molecule has 0 atom stereocenters. The molecule has 0 amide bonds. The zero-order valence-electron chi connectivity index (χ0n) is 11.1. The maximum Gasteiger partial charge on any atom is 0.336 e. The monoisotopic (exact) mass is 307 g/mol. The quantitative estimate of drug-likeness (QED) is 0.867. The summed E-state index contributed by atoms with van der Waals surface area (Å²) in [5.41, 5.74) is 0.753. The first-order chi connectivity index (χ1) is 9.94. The van der Waals surface area contributed by atoms with Gasteiger partial charge in [0.2, 0.25) is 0 Å². The minimum Gasteiger partial charge on any atom is -0.478 e. The number of rotatable bonds is 5. The summed E-state index contributed by atoms with van der Waals surface area (Å²) in [4.78, 5) is 18.5. The lowest BCUT2D eigenvalue weighted by molar-refractivity contribution is 0.0695. The first-order valence-corrected chi connectivity index (χ1v) is 7.56. The van der Waals surface area contributed by atoms with Gasteiger partial charge in [0.25, 0.3) is 10.0 Å². The Kier molecular flexibility index (Phi) is 4.18. The van der Waals surface area contributed by atoms with Gasteiger partial charge in [0.15, 0.2) is 0 Å². The van der Waals surface area contributed by atoms with E-state index in [0.717, 1.165) is 6.07 Å². The first kappa shape index (κ1) is 14.9. The van der Waals surface area contributed by atoms with Crippen LogP contribution in [0.1, 0.15) is 22.8 Å². The Hall–Kier alpha value is -2.48. The van der Waals surface area contributed by atoms with Crippen LogP contribution in [0, 0.1) is 0 Å². The number of aromatic carboxylic acids is 1. The number of carboxylic acids is 1. The fraction of sp³-hybridized carbons (Fsp3) is 0.154. The molecule has 0 aliphatic rings. The number of carboxylic acid groups (broad SMARTS) is 1. The molecule has 0 bridgehead atoms. The summed E-state index contributed by atoms with van der Waals surface area (Å²) in [5, 5.41) is 9.14. The van der Waals surface area contributed by atoms with Crippen LogP contribution in [0.2, 0.25) is 0 Å². The van der Waals surface area contributed by atoms with Crippen LogP contribution >= 0.6 is 0 Å². The highest BCUT2D eigenvalue weighted by molar-refractivity contribution is 7.92. The number of aryl methyl sites for hydroxylation is 1. The van der Waals surface area contributed by atoms with E-state index in [0.29, 0.717) is 12.0 Å². The molecule has 0 aliphatic heterocycles. The molecule has 0 radical (unpaired) electrons.